The van der Waals surface area contributed by atoms with Crippen molar-refractivity contribution >= 4 is 23.9 Å². The van der Waals surface area contributed by atoms with Crippen LogP contribution in [0.15, 0.2) is 60.7 Å². The quantitative estimate of drug-likeness (QED) is 0.483. The largest absolute Gasteiger partial charge is 0.478 e. The number of aromatic carboxylic acids is 4. The first-order valence-corrected chi connectivity index (χ1v) is 8.50. The highest BCUT2D eigenvalue weighted by atomic mass is 16.4. The fourth-order valence-electron chi connectivity index (χ4n) is 2.94. The lowest BCUT2D eigenvalue weighted by Crippen LogP contribution is -2.03. The maximum atomic E-state index is 11.3. The first-order chi connectivity index (χ1) is 14.2. The van der Waals surface area contributed by atoms with E-state index in [1.165, 1.54) is 24.3 Å². The lowest BCUT2D eigenvalue weighted by molar-refractivity contribution is 0.0676. The summed E-state index contributed by atoms with van der Waals surface area (Å²) in [6, 6.07) is 13.9. The van der Waals surface area contributed by atoms with Gasteiger partial charge in [-0.15, -0.1) is 0 Å². The minimum Gasteiger partial charge on any atom is -0.478 e. The molecule has 3 aromatic carbocycles. The Kier molecular flexibility index (Phi) is 5.33. The molecule has 0 radical (unpaired) electrons. The van der Waals surface area contributed by atoms with Gasteiger partial charge in [-0.1, -0.05) is 24.3 Å². The van der Waals surface area contributed by atoms with E-state index >= 15 is 0 Å². The van der Waals surface area contributed by atoms with Gasteiger partial charge < -0.3 is 20.4 Å². The van der Waals surface area contributed by atoms with Crippen molar-refractivity contribution in [1.29, 1.82) is 0 Å². The van der Waals surface area contributed by atoms with Crippen LogP contribution >= 0.6 is 0 Å². The van der Waals surface area contributed by atoms with Crippen LogP contribution in [0, 0.1) is 0 Å². The molecule has 0 spiro atoms. The van der Waals surface area contributed by atoms with Crippen molar-refractivity contribution in [2.24, 2.45) is 0 Å². The van der Waals surface area contributed by atoms with Crippen LogP contribution in [0.2, 0.25) is 0 Å². The lowest BCUT2D eigenvalue weighted by atomic mass is 9.95. The Morgan fingerprint density at radius 3 is 0.833 bits per heavy atom. The molecule has 150 valence electrons. The molecule has 0 saturated carbocycles. The molecule has 0 aliphatic carbocycles. The van der Waals surface area contributed by atoms with E-state index < -0.39 is 23.9 Å². The van der Waals surface area contributed by atoms with Crippen LogP contribution in [0.3, 0.4) is 0 Å². The second kappa shape index (κ2) is 7.88. The SMILES string of the molecule is O=C(O)c1cc(C(=O)O)cc(-c2ccc(-c3cc(C(=O)O)cc(C(=O)O)c3)cc2)c1. The molecule has 0 atom stereocenters. The van der Waals surface area contributed by atoms with Crippen molar-refractivity contribution in [3.63, 3.8) is 0 Å². The highest BCUT2D eigenvalue weighted by Crippen LogP contribution is 2.28. The van der Waals surface area contributed by atoms with Crippen LogP contribution in [-0.4, -0.2) is 44.3 Å². The smallest absolute Gasteiger partial charge is 0.335 e. The Bertz CT molecular complexity index is 1030. The summed E-state index contributed by atoms with van der Waals surface area (Å²) in [6.07, 6.45) is 0. The zero-order valence-electron chi connectivity index (χ0n) is 15.2. The van der Waals surface area contributed by atoms with Crippen molar-refractivity contribution in [2.45, 2.75) is 0 Å². The molecule has 0 saturated heterocycles. The van der Waals surface area contributed by atoms with E-state index in [1.54, 1.807) is 24.3 Å². The van der Waals surface area contributed by atoms with Crippen molar-refractivity contribution in [3.8, 4) is 22.3 Å². The number of carboxylic acids is 4. The highest BCUT2D eigenvalue weighted by Gasteiger charge is 2.14. The summed E-state index contributed by atoms with van der Waals surface area (Å²) in [7, 11) is 0. The summed E-state index contributed by atoms with van der Waals surface area (Å²) in [6.45, 7) is 0. The van der Waals surface area contributed by atoms with Gasteiger partial charge in [0.05, 0.1) is 22.3 Å². The number of benzene rings is 3. The average Bonchev–Trinajstić information content (AvgIpc) is 2.73. The predicted molar refractivity (Wildman–Crippen MR) is 105 cm³/mol. The number of carboxylic acid groups (broad SMARTS) is 4. The van der Waals surface area contributed by atoms with Crippen LogP contribution in [0.1, 0.15) is 41.4 Å². The Morgan fingerprint density at radius 1 is 0.400 bits per heavy atom. The molecule has 0 aliphatic heterocycles. The topological polar surface area (TPSA) is 149 Å². The molecule has 3 rings (SSSR count). The molecule has 0 aromatic heterocycles. The number of rotatable bonds is 6. The first kappa shape index (κ1) is 20.3. The van der Waals surface area contributed by atoms with Gasteiger partial charge in [-0.25, -0.2) is 19.2 Å². The van der Waals surface area contributed by atoms with Gasteiger partial charge in [0.25, 0.3) is 0 Å². The van der Waals surface area contributed by atoms with Gasteiger partial charge in [0.1, 0.15) is 0 Å². The van der Waals surface area contributed by atoms with Crippen molar-refractivity contribution < 1.29 is 39.6 Å². The normalized spacial score (nSPS) is 10.4. The molecule has 0 aliphatic rings. The molecule has 0 bridgehead atoms. The van der Waals surface area contributed by atoms with Crippen molar-refractivity contribution in [1.82, 2.24) is 0 Å². The van der Waals surface area contributed by atoms with Gasteiger partial charge in [0, 0.05) is 0 Å². The highest BCUT2D eigenvalue weighted by molar-refractivity contribution is 5.97. The molecular weight excluding hydrogens is 392 g/mol. The number of hydrogen-bond acceptors (Lipinski definition) is 4. The van der Waals surface area contributed by atoms with Crippen LogP contribution in [-0.2, 0) is 0 Å². The third kappa shape index (κ3) is 4.17. The van der Waals surface area contributed by atoms with Crippen LogP contribution in [0.4, 0.5) is 0 Å². The molecule has 8 heteroatoms. The van der Waals surface area contributed by atoms with Crippen LogP contribution in [0.5, 0.6) is 0 Å². The molecule has 0 heterocycles. The lowest BCUT2D eigenvalue weighted by Gasteiger charge is -2.09. The van der Waals surface area contributed by atoms with E-state index in [2.05, 4.69) is 0 Å². The van der Waals surface area contributed by atoms with E-state index in [4.69, 9.17) is 0 Å². The molecule has 4 N–H and O–H groups in total. The average molecular weight is 406 g/mol. The van der Waals surface area contributed by atoms with E-state index in [1.807, 2.05) is 0 Å². The molecule has 0 unspecified atom stereocenters. The third-order valence-electron chi connectivity index (χ3n) is 4.41. The summed E-state index contributed by atoms with van der Waals surface area (Å²) in [5.74, 6) is -5.05. The summed E-state index contributed by atoms with van der Waals surface area (Å²) in [4.78, 5) is 45.1. The van der Waals surface area contributed by atoms with Crippen molar-refractivity contribution in [3.05, 3.63) is 82.9 Å². The molecule has 0 fully saturated rings. The molecule has 30 heavy (non-hydrogen) atoms. The van der Waals surface area contributed by atoms with Gasteiger partial charge in [0.2, 0.25) is 0 Å². The fraction of sp³-hybridized carbons (Fsp3) is 0. The van der Waals surface area contributed by atoms with Gasteiger partial charge in [-0.3, -0.25) is 0 Å². The van der Waals surface area contributed by atoms with Gasteiger partial charge in [-0.2, -0.15) is 0 Å². The van der Waals surface area contributed by atoms with Gasteiger partial charge in [0.15, 0.2) is 0 Å². The zero-order valence-corrected chi connectivity index (χ0v) is 15.2. The monoisotopic (exact) mass is 406 g/mol. The van der Waals surface area contributed by atoms with Crippen LogP contribution in [0.25, 0.3) is 22.3 Å². The van der Waals surface area contributed by atoms with Crippen LogP contribution < -0.4 is 0 Å². The Morgan fingerprint density at radius 2 is 0.633 bits per heavy atom. The first-order valence-electron chi connectivity index (χ1n) is 8.50. The minimum atomic E-state index is -1.26. The van der Waals surface area contributed by atoms with Crippen molar-refractivity contribution in [2.75, 3.05) is 0 Å². The Labute approximate surface area is 169 Å². The molecule has 0 amide bonds. The Balaban J connectivity index is 2.06. The maximum absolute atomic E-state index is 11.3. The van der Waals surface area contributed by atoms with E-state index in [0.717, 1.165) is 12.1 Å². The third-order valence-corrected chi connectivity index (χ3v) is 4.41. The maximum Gasteiger partial charge on any atom is 0.335 e. The predicted octanol–water partition coefficient (Wildman–Crippen LogP) is 3.81. The van der Waals surface area contributed by atoms with Gasteiger partial charge in [-0.05, 0) is 58.7 Å². The van der Waals surface area contributed by atoms with E-state index in [-0.39, 0.29) is 22.3 Å². The summed E-state index contributed by atoms with van der Waals surface area (Å²) in [5, 5.41) is 36.8. The van der Waals surface area contributed by atoms with E-state index in [9.17, 15) is 39.6 Å². The standard InChI is InChI=1S/C22H14O8/c23-19(24)15-5-13(6-16(9-15)20(25)26)11-1-2-12(4-3-11)14-7-17(21(27)28)10-18(8-14)22(29)30/h1-10H,(H,23,24)(H,25,26)(H,27,28)(H,29,30). The van der Waals surface area contributed by atoms with E-state index in [0.29, 0.717) is 22.3 Å². The number of carbonyl (C=O) groups is 4. The molecule has 3 aromatic rings. The Hall–Kier alpha value is -4.46. The summed E-state index contributed by atoms with van der Waals surface area (Å²) >= 11 is 0. The second-order valence-corrected chi connectivity index (χ2v) is 6.40. The second-order valence-electron chi connectivity index (χ2n) is 6.40. The summed E-state index contributed by atoms with van der Waals surface area (Å²) < 4.78 is 0. The fourth-order valence-corrected chi connectivity index (χ4v) is 2.94. The zero-order chi connectivity index (χ0) is 22.0. The minimum absolute atomic E-state index is 0.172. The summed E-state index contributed by atoms with van der Waals surface area (Å²) in [5.41, 5.74) is 1.15. The molecule has 8 nitrogen and oxygen atoms in total. The van der Waals surface area contributed by atoms with Gasteiger partial charge >= 0.3 is 23.9 Å². The molecular formula is C22H14O8. The number of hydrogen-bond donors (Lipinski definition) is 4.